The summed E-state index contributed by atoms with van der Waals surface area (Å²) in [7, 11) is 0. The summed E-state index contributed by atoms with van der Waals surface area (Å²) in [6.45, 7) is 12.1. The van der Waals surface area contributed by atoms with Crippen molar-refractivity contribution in [3.05, 3.63) is 0 Å². The number of nitrogens with one attached hydrogen (secondary N) is 2. The van der Waals surface area contributed by atoms with Crippen molar-refractivity contribution < 1.29 is 76.8 Å². The first-order chi connectivity index (χ1) is 32.4. The van der Waals surface area contributed by atoms with Crippen molar-refractivity contribution in [1.29, 1.82) is 0 Å². The minimum absolute atomic E-state index is 0.0141. The van der Waals surface area contributed by atoms with Crippen LogP contribution in [0, 0.1) is 0 Å². The molecule has 0 heterocycles. The molecular weight excluding hydrogens is 861 g/mol. The molecule has 0 aliphatic rings. The van der Waals surface area contributed by atoms with Crippen LogP contribution in [0.25, 0.3) is 0 Å². The lowest BCUT2D eigenvalue weighted by Crippen LogP contribution is -2.41. The lowest BCUT2D eigenvalue weighted by molar-refractivity contribution is -0.142. The van der Waals surface area contributed by atoms with Gasteiger partial charge < -0.3 is 68.2 Å². The van der Waals surface area contributed by atoms with Gasteiger partial charge in [-0.3, -0.25) is 14.4 Å². The normalized spacial score (nSPS) is 11.8. The zero-order valence-electron chi connectivity index (χ0n) is 40.9. The first kappa shape index (κ1) is 63.5. The predicted octanol–water partition coefficient (Wildman–Crippen LogP) is 6.13. The van der Waals surface area contributed by atoms with E-state index in [1.165, 1.54) is 57.8 Å². The van der Waals surface area contributed by atoms with E-state index in [2.05, 4.69) is 17.6 Å². The van der Waals surface area contributed by atoms with Crippen molar-refractivity contribution in [2.45, 2.75) is 148 Å². The van der Waals surface area contributed by atoms with Gasteiger partial charge in [0.2, 0.25) is 11.8 Å². The lowest BCUT2D eigenvalue weighted by atomic mass is 10.0. The van der Waals surface area contributed by atoms with Crippen LogP contribution in [0.2, 0.25) is 0 Å². The third-order valence-electron chi connectivity index (χ3n) is 10.1. The lowest BCUT2D eigenvalue weighted by Gasteiger charge is -2.14. The maximum absolute atomic E-state index is 12.4. The van der Waals surface area contributed by atoms with E-state index in [1.54, 1.807) is 0 Å². The van der Waals surface area contributed by atoms with Crippen molar-refractivity contribution in [2.24, 2.45) is 0 Å². The SMILES string of the molecule is CCCOCCOCCOCCOCCOCCOCCOCCOCCOCCOCCNC(=O)CCC(NC(=O)CCCCCCCCCCCCCCCCCCC(=O)O)C(=O)O. The van der Waals surface area contributed by atoms with E-state index < -0.39 is 18.0 Å². The molecule has 0 bridgehead atoms. The largest absolute Gasteiger partial charge is 0.481 e. The smallest absolute Gasteiger partial charge is 0.326 e. The molecule has 18 heteroatoms. The highest BCUT2D eigenvalue weighted by Gasteiger charge is 2.20. The van der Waals surface area contributed by atoms with E-state index in [1.807, 2.05) is 0 Å². The number of unbranched alkanes of at least 4 members (excludes halogenated alkanes) is 15. The first-order valence-electron chi connectivity index (χ1n) is 25.1. The van der Waals surface area contributed by atoms with E-state index in [0.717, 1.165) is 51.6 Å². The van der Waals surface area contributed by atoms with Crippen LogP contribution in [0.5, 0.6) is 0 Å². The molecule has 0 aromatic heterocycles. The van der Waals surface area contributed by atoms with E-state index in [4.69, 9.17) is 52.5 Å². The van der Waals surface area contributed by atoms with Crippen molar-refractivity contribution in [3.63, 3.8) is 0 Å². The van der Waals surface area contributed by atoms with Gasteiger partial charge in [-0.15, -0.1) is 0 Å². The van der Waals surface area contributed by atoms with E-state index in [0.29, 0.717) is 132 Å². The summed E-state index contributed by atoms with van der Waals surface area (Å²) in [5.74, 6) is -2.45. The molecule has 0 saturated heterocycles. The predicted molar refractivity (Wildman–Crippen MR) is 251 cm³/mol. The van der Waals surface area contributed by atoms with E-state index in [9.17, 15) is 24.3 Å². The van der Waals surface area contributed by atoms with Gasteiger partial charge in [-0.1, -0.05) is 96.8 Å². The Hall–Kier alpha value is -2.52. The number of ether oxygens (including phenoxy) is 10. The monoisotopic (exact) mass is 953 g/mol. The van der Waals surface area contributed by atoms with Crippen LogP contribution in [0.3, 0.4) is 0 Å². The highest BCUT2D eigenvalue weighted by molar-refractivity contribution is 5.84. The Morgan fingerprint density at radius 3 is 0.955 bits per heavy atom. The van der Waals surface area contributed by atoms with Crippen LogP contribution in [0.15, 0.2) is 0 Å². The third-order valence-corrected chi connectivity index (χ3v) is 10.1. The molecule has 1 unspecified atom stereocenters. The summed E-state index contributed by atoms with van der Waals surface area (Å²) < 4.78 is 54.6. The fraction of sp³-hybridized carbons (Fsp3) is 0.917. The zero-order chi connectivity index (χ0) is 48.1. The van der Waals surface area contributed by atoms with Crippen LogP contribution >= 0.6 is 0 Å². The number of carbonyl (C=O) groups is 4. The first-order valence-corrected chi connectivity index (χ1v) is 25.1. The van der Waals surface area contributed by atoms with Gasteiger partial charge in [0.15, 0.2) is 0 Å². The molecule has 0 aromatic carbocycles. The second-order valence-electron chi connectivity index (χ2n) is 16.0. The molecule has 66 heavy (non-hydrogen) atoms. The molecule has 0 rings (SSSR count). The van der Waals surface area contributed by atoms with Gasteiger partial charge in [-0.2, -0.15) is 0 Å². The van der Waals surface area contributed by atoms with E-state index in [-0.39, 0.29) is 44.0 Å². The summed E-state index contributed by atoms with van der Waals surface area (Å²) in [5, 5.41) is 23.5. The Kier molecular flexibility index (Phi) is 51.4. The van der Waals surface area contributed by atoms with Crippen LogP contribution in [-0.4, -0.2) is 179 Å². The molecule has 2 amide bonds. The van der Waals surface area contributed by atoms with E-state index >= 15 is 0 Å². The second-order valence-corrected chi connectivity index (χ2v) is 16.0. The summed E-state index contributed by atoms with van der Waals surface area (Å²) in [6, 6.07) is -1.10. The van der Waals surface area contributed by atoms with Gasteiger partial charge >= 0.3 is 11.9 Å². The molecule has 390 valence electrons. The highest BCUT2D eigenvalue weighted by Crippen LogP contribution is 2.14. The fourth-order valence-electron chi connectivity index (χ4n) is 6.41. The van der Waals surface area contributed by atoms with Crippen LogP contribution in [-0.2, 0) is 66.5 Å². The Labute approximate surface area is 396 Å². The minimum Gasteiger partial charge on any atom is -0.481 e. The average molecular weight is 953 g/mol. The number of hydrogen-bond acceptors (Lipinski definition) is 14. The number of aliphatic carboxylic acids is 2. The standard InChI is InChI=1S/C48H92N2O16/c1-2-24-57-26-28-59-30-32-61-34-36-63-38-40-65-42-43-66-41-39-64-37-35-62-33-31-60-29-27-58-25-23-49-45(51)22-21-44(48(55)56)50-46(52)19-17-15-13-11-9-7-5-3-4-6-8-10-12-14-16-18-20-47(53)54/h44H,2-43H2,1H3,(H,49,51)(H,50,52)(H,53,54)(H,55,56). The van der Waals surface area contributed by atoms with Crippen LogP contribution in [0.4, 0.5) is 0 Å². The third kappa shape index (κ3) is 52.4. The molecule has 0 radical (unpaired) electrons. The van der Waals surface area contributed by atoms with Crippen molar-refractivity contribution in [2.75, 3.05) is 139 Å². The number of hydrogen-bond donors (Lipinski definition) is 4. The number of carboxylic acid groups (broad SMARTS) is 2. The van der Waals surface area contributed by atoms with Crippen molar-refractivity contribution in [1.82, 2.24) is 10.6 Å². The molecule has 18 nitrogen and oxygen atoms in total. The Bertz CT molecular complexity index is 1080. The number of carboxylic acids is 2. The van der Waals surface area contributed by atoms with Gasteiger partial charge in [-0.25, -0.2) is 4.79 Å². The van der Waals surface area contributed by atoms with Gasteiger partial charge in [0.25, 0.3) is 0 Å². The van der Waals surface area contributed by atoms with Crippen molar-refractivity contribution in [3.8, 4) is 0 Å². The molecule has 0 spiro atoms. The van der Waals surface area contributed by atoms with Gasteiger partial charge in [-0.05, 0) is 25.7 Å². The summed E-state index contributed by atoms with van der Waals surface area (Å²) in [6.07, 6.45) is 19.6. The molecule has 0 aliphatic carbocycles. The number of carbonyl (C=O) groups excluding carboxylic acids is 2. The maximum Gasteiger partial charge on any atom is 0.326 e. The summed E-state index contributed by atoms with van der Waals surface area (Å²) in [4.78, 5) is 46.8. The average Bonchev–Trinajstić information content (AvgIpc) is 3.30. The maximum atomic E-state index is 12.4. The van der Waals surface area contributed by atoms with Gasteiger partial charge in [0, 0.05) is 32.4 Å². The van der Waals surface area contributed by atoms with Gasteiger partial charge in [0.05, 0.1) is 126 Å². The Balaban J connectivity index is 3.44. The minimum atomic E-state index is -1.15. The molecule has 0 saturated carbocycles. The van der Waals surface area contributed by atoms with Crippen LogP contribution < -0.4 is 10.6 Å². The highest BCUT2D eigenvalue weighted by atomic mass is 16.6. The summed E-state index contributed by atoms with van der Waals surface area (Å²) in [5.41, 5.74) is 0. The molecule has 4 N–H and O–H groups in total. The molecule has 0 fully saturated rings. The molecule has 0 aliphatic heterocycles. The number of rotatable bonds is 56. The van der Waals surface area contributed by atoms with Crippen molar-refractivity contribution >= 4 is 23.8 Å². The Morgan fingerprint density at radius 1 is 0.364 bits per heavy atom. The Morgan fingerprint density at radius 2 is 0.652 bits per heavy atom. The summed E-state index contributed by atoms with van der Waals surface area (Å²) >= 11 is 0. The number of amides is 2. The topological polar surface area (TPSA) is 225 Å². The van der Waals surface area contributed by atoms with Gasteiger partial charge in [0.1, 0.15) is 6.04 Å². The fourth-order valence-corrected chi connectivity index (χ4v) is 6.41. The molecule has 0 aromatic rings. The quantitative estimate of drug-likeness (QED) is 0.0503. The molecular formula is C48H92N2O16. The molecule has 1 atom stereocenters. The second kappa shape index (κ2) is 53.4. The van der Waals surface area contributed by atoms with Crippen LogP contribution in [0.1, 0.15) is 142 Å². The zero-order valence-corrected chi connectivity index (χ0v) is 40.9.